The molecule has 31 heavy (non-hydrogen) atoms. The summed E-state index contributed by atoms with van der Waals surface area (Å²) in [6.07, 6.45) is 2.60. The third kappa shape index (κ3) is 3.98. The molecule has 2 aliphatic rings. The van der Waals surface area contributed by atoms with Gasteiger partial charge in [-0.3, -0.25) is 4.57 Å². The Morgan fingerprint density at radius 1 is 1.23 bits per heavy atom. The van der Waals surface area contributed by atoms with Gasteiger partial charge in [0, 0.05) is 25.6 Å². The Kier molecular flexibility index (Phi) is 5.08. The van der Waals surface area contributed by atoms with Gasteiger partial charge < -0.3 is 9.32 Å². The van der Waals surface area contributed by atoms with Crippen molar-refractivity contribution in [1.82, 2.24) is 19.7 Å². The average Bonchev–Trinajstić information content (AvgIpc) is 3.44. The monoisotopic (exact) mass is 441 g/mol. The molecule has 2 unspecified atom stereocenters. The molecule has 0 amide bonds. The molecule has 2 saturated heterocycles. The molecule has 3 aromatic rings. The molecule has 8 nitrogen and oxygen atoms in total. The lowest BCUT2D eigenvalue weighted by Gasteiger charge is -2.32. The van der Waals surface area contributed by atoms with Crippen LogP contribution in [0.1, 0.15) is 49.7 Å². The molecule has 0 saturated carbocycles. The highest BCUT2D eigenvalue weighted by Gasteiger charge is 2.35. The number of para-hydroxylation sites is 2. The molecular formula is C22H27N5O3S. The zero-order chi connectivity index (χ0) is 21.6. The van der Waals surface area contributed by atoms with Gasteiger partial charge >= 0.3 is 0 Å². The summed E-state index contributed by atoms with van der Waals surface area (Å²) in [5.74, 6) is 2.73. The van der Waals surface area contributed by atoms with Gasteiger partial charge in [-0.05, 0) is 38.3 Å². The van der Waals surface area contributed by atoms with E-state index in [1.807, 2.05) is 31.2 Å². The Balaban J connectivity index is 1.44. The maximum Gasteiger partial charge on any atom is 0.227 e. The van der Waals surface area contributed by atoms with E-state index in [4.69, 9.17) is 9.40 Å². The van der Waals surface area contributed by atoms with E-state index in [0.29, 0.717) is 13.0 Å². The molecule has 0 N–H and O–H groups in total. The highest BCUT2D eigenvalue weighted by atomic mass is 32.2. The third-order valence-corrected chi connectivity index (χ3v) is 7.92. The Labute approximate surface area is 181 Å². The van der Waals surface area contributed by atoms with Crippen molar-refractivity contribution in [3.63, 3.8) is 0 Å². The van der Waals surface area contributed by atoms with E-state index in [1.54, 1.807) is 0 Å². The fraction of sp³-hybridized carbons (Fsp3) is 0.500. The molecule has 0 radical (unpaired) electrons. The van der Waals surface area contributed by atoms with E-state index in [-0.39, 0.29) is 23.3 Å². The highest BCUT2D eigenvalue weighted by molar-refractivity contribution is 7.91. The molecule has 1 aromatic carbocycles. The van der Waals surface area contributed by atoms with Crippen molar-refractivity contribution in [3.05, 3.63) is 48.1 Å². The Hall–Kier alpha value is -2.68. The maximum absolute atomic E-state index is 12.0. The summed E-state index contributed by atoms with van der Waals surface area (Å²) in [6, 6.07) is 7.83. The number of fused-ring (bicyclic) bond motifs is 1. The summed E-state index contributed by atoms with van der Waals surface area (Å²) in [6.45, 7) is 8.22. The molecule has 0 spiro atoms. The first-order valence-corrected chi connectivity index (χ1v) is 12.6. The zero-order valence-electron chi connectivity index (χ0n) is 17.7. The molecule has 164 valence electrons. The SMILES string of the molecule is C=C(C)Cn1c(C2CCS(=O)(=O)C2)nnc1N1CCCC(c2nc3ccccc3o2)C1. The van der Waals surface area contributed by atoms with E-state index >= 15 is 0 Å². The summed E-state index contributed by atoms with van der Waals surface area (Å²) >= 11 is 0. The van der Waals surface area contributed by atoms with E-state index < -0.39 is 9.84 Å². The van der Waals surface area contributed by atoms with Crippen molar-refractivity contribution in [2.24, 2.45) is 0 Å². The van der Waals surface area contributed by atoms with E-state index in [9.17, 15) is 8.42 Å². The third-order valence-electron chi connectivity index (χ3n) is 6.15. The van der Waals surface area contributed by atoms with Crippen LogP contribution in [0.2, 0.25) is 0 Å². The maximum atomic E-state index is 12.0. The lowest BCUT2D eigenvalue weighted by molar-refractivity contribution is 0.408. The molecule has 0 bridgehead atoms. The molecular weight excluding hydrogens is 414 g/mol. The molecule has 4 heterocycles. The molecule has 2 atom stereocenters. The largest absolute Gasteiger partial charge is 0.440 e. The number of benzene rings is 1. The fourth-order valence-electron chi connectivity index (χ4n) is 4.69. The Bertz CT molecular complexity index is 1200. The van der Waals surface area contributed by atoms with Crippen molar-refractivity contribution in [2.75, 3.05) is 29.5 Å². The Morgan fingerprint density at radius 3 is 2.81 bits per heavy atom. The van der Waals surface area contributed by atoms with Crippen LogP contribution in [0.15, 0.2) is 40.8 Å². The average molecular weight is 442 g/mol. The number of nitrogens with zero attached hydrogens (tertiary/aromatic N) is 5. The van der Waals surface area contributed by atoms with Crippen molar-refractivity contribution < 1.29 is 12.8 Å². The fourth-order valence-corrected chi connectivity index (χ4v) is 6.43. The minimum atomic E-state index is -3.00. The van der Waals surface area contributed by atoms with Crippen LogP contribution in [-0.4, -0.2) is 52.8 Å². The van der Waals surface area contributed by atoms with Gasteiger partial charge in [0.05, 0.1) is 17.4 Å². The number of anilines is 1. The first-order valence-electron chi connectivity index (χ1n) is 10.8. The predicted octanol–water partition coefficient (Wildman–Crippen LogP) is 3.28. The van der Waals surface area contributed by atoms with Crippen molar-refractivity contribution in [3.8, 4) is 0 Å². The molecule has 9 heteroatoms. The van der Waals surface area contributed by atoms with E-state index in [0.717, 1.165) is 60.3 Å². The molecule has 2 aliphatic heterocycles. The van der Waals surface area contributed by atoms with Crippen molar-refractivity contribution >= 4 is 26.9 Å². The van der Waals surface area contributed by atoms with Gasteiger partial charge in [-0.2, -0.15) is 0 Å². The summed E-state index contributed by atoms with van der Waals surface area (Å²) in [7, 11) is -3.00. The number of rotatable bonds is 5. The van der Waals surface area contributed by atoms with Crippen LogP contribution in [0.5, 0.6) is 0 Å². The molecule has 5 rings (SSSR count). The standard InChI is InChI=1S/C22H27N5O3S/c1-15(2)12-27-20(17-9-11-31(28,29)14-17)24-25-22(27)26-10-5-6-16(13-26)21-23-18-7-3-4-8-19(18)30-21/h3-4,7-8,16-17H,1,5-6,9-14H2,2H3. The quantitative estimate of drug-likeness (QED) is 0.561. The second kappa shape index (κ2) is 7.78. The summed E-state index contributed by atoms with van der Waals surface area (Å²) < 4.78 is 32.1. The lowest BCUT2D eigenvalue weighted by atomic mass is 9.98. The Morgan fingerprint density at radius 2 is 2.06 bits per heavy atom. The second-order valence-electron chi connectivity index (χ2n) is 8.81. The van der Waals surface area contributed by atoms with Crippen LogP contribution in [0.3, 0.4) is 0 Å². The van der Waals surface area contributed by atoms with Crippen LogP contribution in [0.25, 0.3) is 11.1 Å². The number of oxazole rings is 1. The molecule has 2 fully saturated rings. The number of piperidine rings is 1. The number of sulfone groups is 1. The van der Waals surface area contributed by atoms with Gasteiger partial charge in [0.2, 0.25) is 5.95 Å². The van der Waals surface area contributed by atoms with Crippen LogP contribution >= 0.6 is 0 Å². The first kappa shape index (κ1) is 20.2. The van der Waals surface area contributed by atoms with Crippen LogP contribution in [-0.2, 0) is 16.4 Å². The van der Waals surface area contributed by atoms with Crippen molar-refractivity contribution in [1.29, 1.82) is 0 Å². The minimum absolute atomic E-state index is 0.108. The van der Waals surface area contributed by atoms with Gasteiger partial charge in [0.1, 0.15) is 11.3 Å². The van der Waals surface area contributed by atoms with Crippen LogP contribution in [0.4, 0.5) is 5.95 Å². The normalized spacial score (nSPS) is 23.5. The summed E-state index contributed by atoms with van der Waals surface area (Å²) in [4.78, 5) is 6.93. The molecule has 2 aromatic heterocycles. The van der Waals surface area contributed by atoms with Gasteiger partial charge in [-0.15, -0.1) is 10.2 Å². The molecule has 0 aliphatic carbocycles. The summed E-state index contributed by atoms with van der Waals surface area (Å²) in [5.41, 5.74) is 2.67. The van der Waals surface area contributed by atoms with Gasteiger partial charge in [0.25, 0.3) is 0 Å². The second-order valence-corrected chi connectivity index (χ2v) is 11.0. The van der Waals surface area contributed by atoms with Crippen LogP contribution < -0.4 is 4.90 Å². The van der Waals surface area contributed by atoms with E-state index in [2.05, 4.69) is 26.2 Å². The van der Waals surface area contributed by atoms with Gasteiger partial charge in [-0.25, -0.2) is 13.4 Å². The number of allylic oxidation sites excluding steroid dienone is 1. The van der Waals surface area contributed by atoms with Gasteiger partial charge in [0.15, 0.2) is 21.3 Å². The van der Waals surface area contributed by atoms with Crippen molar-refractivity contribution in [2.45, 2.75) is 44.6 Å². The zero-order valence-corrected chi connectivity index (χ0v) is 18.5. The topological polar surface area (TPSA) is 94.1 Å². The predicted molar refractivity (Wildman–Crippen MR) is 119 cm³/mol. The smallest absolute Gasteiger partial charge is 0.227 e. The number of hydrogen-bond donors (Lipinski definition) is 0. The van der Waals surface area contributed by atoms with Gasteiger partial charge in [-0.1, -0.05) is 24.3 Å². The minimum Gasteiger partial charge on any atom is -0.440 e. The summed E-state index contributed by atoms with van der Waals surface area (Å²) in [5, 5.41) is 8.96. The van der Waals surface area contributed by atoms with Crippen LogP contribution in [0, 0.1) is 0 Å². The first-order chi connectivity index (χ1) is 14.9. The number of hydrogen-bond acceptors (Lipinski definition) is 7. The van der Waals surface area contributed by atoms with E-state index in [1.165, 1.54) is 0 Å². The highest BCUT2D eigenvalue weighted by Crippen LogP contribution is 2.34. The number of aromatic nitrogens is 4. The lowest BCUT2D eigenvalue weighted by Crippen LogP contribution is -2.36.